The van der Waals surface area contributed by atoms with Crippen LogP contribution in [0.1, 0.15) is 30.4 Å². The average molecular weight is 452 g/mol. The van der Waals surface area contributed by atoms with Crippen molar-refractivity contribution in [2.24, 2.45) is 5.92 Å². The van der Waals surface area contributed by atoms with E-state index in [1.165, 1.54) is 6.07 Å². The molecule has 0 spiro atoms. The van der Waals surface area contributed by atoms with E-state index < -0.39 is 10.1 Å². The molecule has 0 aromatic heterocycles. The number of carbonyl (C=O) groups is 1. The molecule has 0 radical (unpaired) electrons. The first-order valence-corrected chi connectivity index (χ1v) is 11.7. The Balaban J connectivity index is 1.71. The number of hydrogen-bond donors (Lipinski definition) is 0. The summed E-state index contributed by atoms with van der Waals surface area (Å²) >= 11 is 6.07. The molecule has 0 saturated heterocycles. The Morgan fingerprint density at radius 2 is 1.87 bits per heavy atom. The van der Waals surface area contributed by atoms with Crippen LogP contribution in [0.15, 0.2) is 47.4 Å². The smallest absolute Gasteiger partial charge is 0.340 e. The summed E-state index contributed by atoms with van der Waals surface area (Å²) in [6.45, 7) is 3.09. The van der Waals surface area contributed by atoms with Crippen molar-refractivity contribution in [1.29, 1.82) is 0 Å². The minimum Gasteiger partial charge on any atom is -0.383 e. The molecule has 1 saturated carbocycles. The first-order chi connectivity index (χ1) is 14.3. The molecule has 8 heteroatoms. The second-order valence-corrected chi connectivity index (χ2v) is 9.34. The van der Waals surface area contributed by atoms with Crippen molar-refractivity contribution in [3.8, 4) is 5.75 Å². The predicted molar refractivity (Wildman–Crippen MR) is 115 cm³/mol. The Hall–Kier alpha value is -2.09. The first-order valence-electron chi connectivity index (χ1n) is 9.88. The summed E-state index contributed by atoms with van der Waals surface area (Å²) in [5.41, 5.74) is 1.40. The zero-order valence-electron chi connectivity index (χ0n) is 17.1. The molecule has 0 unspecified atom stereocenters. The van der Waals surface area contributed by atoms with Gasteiger partial charge in [0.15, 0.2) is 0 Å². The standard InChI is InChI=1S/C22H26ClNO5S/c1-16-5-3-8-20(23)21(16)30(26,27)29-19-11-9-17(10-12-19)15-24(13-14-28-2)22(25)18-6-4-7-18/h3,5,8-12,18H,4,6-7,13-15H2,1-2H3. The number of carbonyl (C=O) groups excluding carboxylic acids is 1. The van der Waals surface area contributed by atoms with E-state index in [1.807, 2.05) is 0 Å². The summed E-state index contributed by atoms with van der Waals surface area (Å²) in [5, 5.41) is 0.120. The molecular weight excluding hydrogens is 426 g/mol. The fourth-order valence-electron chi connectivity index (χ4n) is 3.35. The number of amides is 1. The number of nitrogens with zero attached hydrogens (tertiary/aromatic N) is 1. The molecule has 0 bridgehead atoms. The third-order valence-corrected chi connectivity index (χ3v) is 7.13. The highest BCUT2D eigenvalue weighted by Gasteiger charge is 2.29. The van der Waals surface area contributed by atoms with Gasteiger partial charge in [-0.15, -0.1) is 0 Å². The van der Waals surface area contributed by atoms with E-state index in [4.69, 9.17) is 20.5 Å². The van der Waals surface area contributed by atoms with Gasteiger partial charge >= 0.3 is 10.1 Å². The lowest BCUT2D eigenvalue weighted by atomic mass is 9.84. The molecule has 1 aliphatic carbocycles. The molecule has 1 amide bonds. The fraction of sp³-hybridized carbons (Fsp3) is 0.409. The number of hydrogen-bond acceptors (Lipinski definition) is 5. The number of rotatable bonds is 9. The lowest BCUT2D eigenvalue weighted by Gasteiger charge is -2.31. The number of aryl methyl sites for hydroxylation is 1. The van der Waals surface area contributed by atoms with Crippen LogP contribution in [0, 0.1) is 12.8 Å². The van der Waals surface area contributed by atoms with Crippen molar-refractivity contribution < 1.29 is 22.1 Å². The molecule has 1 fully saturated rings. The van der Waals surface area contributed by atoms with Crippen LogP contribution in [0.5, 0.6) is 5.75 Å². The van der Waals surface area contributed by atoms with E-state index in [9.17, 15) is 13.2 Å². The van der Waals surface area contributed by atoms with Crippen LogP contribution in [-0.2, 0) is 26.2 Å². The van der Waals surface area contributed by atoms with Crippen LogP contribution in [0.4, 0.5) is 0 Å². The van der Waals surface area contributed by atoms with Crippen LogP contribution in [0.2, 0.25) is 5.02 Å². The minimum absolute atomic E-state index is 0.0346. The maximum Gasteiger partial charge on any atom is 0.340 e. The van der Waals surface area contributed by atoms with Gasteiger partial charge in [-0.3, -0.25) is 4.79 Å². The van der Waals surface area contributed by atoms with Crippen molar-refractivity contribution >= 4 is 27.6 Å². The molecule has 0 N–H and O–H groups in total. The summed E-state index contributed by atoms with van der Waals surface area (Å²) in [6, 6.07) is 11.6. The molecule has 2 aromatic carbocycles. The minimum atomic E-state index is -4.06. The van der Waals surface area contributed by atoms with Gasteiger partial charge in [-0.1, -0.05) is 42.3 Å². The maximum atomic E-state index is 12.7. The lowest BCUT2D eigenvalue weighted by molar-refractivity contribution is -0.139. The topological polar surface area (TPSA) is 72.9 Å². The van der Waals surface area contributed by atoms with E-state index in [0.29, 0.717) is 25.3 Å². The van der Waals surface area contributed by atoms with Crippen molar-refractivity contribution in [2.75, 3.05) is 20.3 Å². The highest BCUT2D eigenvalue weighted by atomic mass is 35.5. The third-order valence-electron chi connectivity index (χ3n) is 5.25. The van der Waals surface area contributed by atoms with Crippen LogP contribution in [0.3, 0.4) is 0 Å². The van der Waals surface area contributed by atoms with Crippen molar-refractivity contribution in [2.45, 2.75) is 37.6 Å². The molecular formula is C22H26ClNO5S. The molecule has 162 valence electrons. The summed E-state index contributed by atoms with van der Waals surface area (Å²) in [6.07, 6.45) is 2.97. The van der Waals surface area contributed by atoms with E-state index in [2.05, 4.69) is 0 Å². The zero-order valence-corrected chi connectivity index (χ0v) is 18.7. The summed E-state index contributed by atoms with van der Waals surface area (Å²) in [7, 11) is -2.45. The van der Waals surface area contributed by atoms with Gasteiger partial charge in [0.2, 0.25) is 5.91 Å². The van der Waals surface area contributed by atoms with Crippen molar-refractivity contribution in [1.82, 2.24) is 4.90 Å². The monoisotopic (exact) mass is 451 g/mol. The molecule has 3 rings (SSSR count). The average Bonchev–Trinajstić information content (AvgIpc) is 2.64. The van der Waals surface area contributed by atoms with Crippen LogP contribution in [-0.4, -0.2) is 39.5 Å². The van der Waals surface area contributed by atoms with Gasteiger partial charge in [-0.25, -0.2) is 0 Å². The molecule has 30 heavy (non-hydrogen) atoms. The number of methoxy groups -OCH3 is 1. The van der Waals surface area contributed by atoms with Gasteiger partial charge in [0.05, 0.1) is 11.6 Å². The lowest BCUT2D eigenvalue weighted by Crippen LogP contribution is -2.40. The van der Waals surface area contributed by atoms with Crippen molar-refractivity contribution in [3.63, 3.8) is 0 Å². The Morgan fingerprint density at radius 1 is 1.17 bits per heavy atom. The largest absolute Gasteiger partial charge is 0.383 e. The quantitative estimate of drug-likeness (QED) is 0.534. The molecule has 0 aliphatic heterocycles. The predicted octanol–water partition coefficient (Wildman–Crippen LogP) is 4.19. The maximum absolute atomic E-state index is 12.7. The van der Waals surface area contributed by atoms with Crippen LogP contribution >= 0.6 is 11.6 Å². The van der Waals surface area contributed by atoms with E-state index >= 15 is 0 Å². The normalized spacial score (nSPS) is 14.2. The van der Waals surface area contributed by atoms with E-state index in [-0.39, 0.29) is 27.5 Å². The molecule has 6 nitrogen and oxygen atoms in total. The Kier molecular flexibility index (Phi) is 7.39. The second-order valence-electron chi connectivity index (χ2n) is 7.45. The van der Waals surface area contributed by atoms with Crippen LogP contribution < -0.4 is 4.18 Å². The summed E-state index contributed by atoms with van der Waals surface area (Å²) in [5.74, 6) is 0.440. The number of halogens is 1. The summed E-state index contributed by atoms with van der Waals surface area (Å²) < 4.78 is 35.7. The third kappa shape index (κ3) is 5.33. The highest BCUT2D eigenvalue weighted by molar-refractivity contribution is 7.87. The number of benzene rings is 2. The Labute approximate surface area is 182 Å². The fourth-order valence-corrected chi connectivity index (χ4v) is 5.08. The first kappa shape index (κ1) is 22.6. The highest BCUT2D eigenvalue weighted by Crippen LogP contribution is 2.30. The van der Waals surface area contributed by atoms with Gasteiger partial charge in [-0.2, -0.15) is 8.42 Å². The SMILES string of the molecule is COCCN(Cc1ccc(OS(=O)(=O)c2c(C)cccc2Cl)cc1)C(=O)C1CCC1. The Morgan fingerprint density at radius 3 is 2.43 bits per heavy atom. The number of ether oxygens (including phenoxy) is 1. The van der Waals surface area contributed by atoms with Gasteiger partial charge < -0.3 is 13.8 Å². The van der Waals surface area contributed by atoms with Gasteiger partial charge in [-0.05, 0) is 49.1 Å². The van der Waals surface area contributed by atoms with E-state index in [1.54, 1.807) is 55.3 Å². The molecule has 0 atom stereocenters. The Bertz CT molecular complexity index is 967. The van der Waals surface area contributed by atoms with Crippen molar-refractivity contribution in [3.05, 3.63) is 58.6 Å². The van der Waals surface area contributed by atoms with Gasteiger partial charge in [0.25, 0.3) is 0 Å². The van der Waals surface area contributed by atoms with E-state index in [0.717, 1.165) is 24.8 Å². The second kappa shape index (κ2) is 9.81. The van der Waals surface area contributed by atoms with Gasteiger partial charge in [0.1, 0.15) is 10.6 Å². The zero-order chi connectivity index (χ0) is 21.7. The molecule has 2 aromatic rings. The van der Waals surface area contributed by atoms with Crippen LogP contribution in [0.25, 0.3) is 0 Å². The molecule has 1 aliphatic rings. The van der Waals surface area contributed by atoms with Gasteiger partial charge in [0, 0.05) is 26.1 Å². The molecule has 0 heterocycles. The summed E-state index contributed by atoms with van der Waals surface area (Å²) in [4.78, 5) is 14.4.